The quantitative estimate of drug-likeness (QED) is 0.271. The molecule has 0 radical (unpaired) electrons. The Kier molecular flexibility index (Phi) is 10.7. The van der Waals surface area contributed by atoms with Gasteiger partial charge in [-0.15, -0.1) is 24.0 Å². The van der Waals surface area contributed by atoms with E-state index < -0.39 is 0 Å². The fourth-order valence-corrected chi connectivity index (χ4v) is 3.66. The van der Waals surface area contributed by atoms with E-state index in [1.54, 1.807) is 0 Å². The van der Waals surface area contributed by atoms with Crippen LogP contribution in [-0.2, 0) is 4.79 Å². The zero-order chi connectivity index (χ0) is 16.5. The minimum atomic E-state index is 0. The number of carbonyl (C=O) groups excluding carboxylic acids is 1. The van der Waals surface area contributed by atoms with Gasteiger partial charge in [0.15, 0.2) is 5.96 Å². The predicted octanol–water partition coefficient (Wildman–Crippen LogP) is 3.14. The van der Waals surface area contributed by atoms with E-state index in [9.17, 15) is 4.79 Å². The van der Waals surface area contributed by atoms with Crippen LogP contribution in [0.5, 0.6) is 0 Å². The molecule has 5 nitrogen and oxygen atoms in total. The third-order valence-electron chi connectivity index (χ3n) is 5.09. The van der Waals surface area contributed by atoms with Crippen molar-refractivity contribution < 1.29 is 4.79 Å². The van der Waals surface area contributed by atoms with Gasteiger partial charge in [0.2, 0.25) is 5.91 Å². The number of unbranched alkanes of at least 4 members (excludes halogenated alkanes) is 3. The van der Waals surface area contributed by atoms with Crippen molar-refractivity contribution in [2.45, 2.75) is 70.8 Å². The summed E-state index contributed by atoms with van der Waals surface area (Å²) in [5.41, 5.74) is 0. The normalized spacial score (nSPS) is 21.7. The van der Waals surface area contributed by atoms with Gasteiger partial charge in [-0.3, -0.25) is 9.79 Å². The van der Waals surface area contributed by atoms with E-state index in [2.05, 4.69) is 27.4 Å². The third kappa shape index (κ3) is 6.76. The summed E-state index contributed by atoms with van der Waals surface area (Å²) in [4.78, 5) is 18.8. The molecule has 0 aromatic heterocycles. The van der Waals surface area contributed by atoms with Crippen LogP contribution in [0.1, 0.15) is 64.7 Å². The lowest BCUT2D eigenvalue weighted by atomic mass is 10.1. The van der Waals surface area contributed by atoms with Gasteiger partial charge in [-0.25, -0.2) is 0 Å². The van der Waals surface area contributed by atoms with Crippen LogP contribution in [0, 0.1) is 5.92 Å². The van der Waals surface area contributed by atoms with Crippen molar-refractivity contribution in [3.63, 3.8) is 0 Å². The van der Waals surface area contributed by atoms with Gasteiger partial charge in [-0.05, 0) is 25.7 Å². The second kappa shape index (κ2) is 11.9. The predicted molar refractivity (Wildman–Crippen MR) is 111 cm³/mol. The Morgan fingerprint density at radius 3 is 2.58 bits per heavy atom. The van der Waals surface area contributed by atoms with E-state index in [4.69, 9.17) is 0 Å². The molecule has 1 saturated carbocycles. The molecule has 1 atom stereocenters. The molecular formula is C18H35IN4O. The summed E-state index contributed by atoms with van der Waals surface area (Å²) in [6.07, 6.45) is 10.7. The Morgan fingerprint density at radius 1 is 1.17 bits per heavy atom. The first-order valence-corrected chi connectivity index (χ1v) is 9.50. The van der Waals surface area contributed by atoms with Gasteiger partial charge in [-0.1, -0.05) is 39.0 Å². The number of likely N-dealkylation sites (tertiary alicyclic amines) is 1. The molecule has 1 heterocycles. The van der Waals surface area contributed by atoms with Crippen molar-refractivity contribution >= 4 is 35.8 Å². The molecule has 1 aliphatic heterocycles. The Balaban J connectivity index is 0.00000288. The molecule has 0 spiro atoms. The molecule has 2 fully saturated rings. The van der Waals surface area contributed by atoms with Crippen molar-refractivity contribution in [2.24, 2.45) is 10.9 Å². The van der Waals surface area contributed by atoms with Crippen molar-refractivity contribution in [1.29, 1.82) is 0 Å². The van der Waals surface area contributed by atoms with Gasteiger partial charge in [0, 0.05) is 38.6 Å². The number of nitrogens with zero attached hydrogens (tertiary/aromatic N) is 2. The fourth-order valence-electron chi connectivity index (χ4n) is 3.66. The van der Waals surface area contributed by atoms with Crippen LogP contribution in [-0.4, -0.2) is 49.5 Å². The van der Waals surface area contributed by atoms with E-state index in [1.165, 1.54) is 38.5 Å². The summed E-state index contributed by atoms with van der Waals surface area (Å²) in [7, 11) is 1.82. The monoisotopic (exact) mass is 450 g/mol. The zero-order valence-corrected chi connectivity index (χ0v) is 17.7. The number of hydrogen-bond donors (Lipinski definition) is 2. The van der Waals surface area contributed by atoms with Gasteiger partial charge < -0.3 is 15.5 Å². The van der Waals surface area contributed by atoms with Crippen LogP contribution in [0.25, 0.3) is 0 Å². The van der Waals surface area contributed by atoms with Gasteiger partial charge in [0.1, 0.15) is 0 Å². The molecule has 2 rings (SSSR count). The van der Waals surface area contributed by atoms with Crippen molar-refractivity contribution in [2.75, 3.05) is 26.7 Å². The number of nitrogens with one attached hydrogen (secondary N) is 2. The molecule has 6 heteroatoms. The lowest BCUT2D eigenvalue weighted by Crippen LogP contribution is -2.45. The third-order valence-corrected chi connectivity index (χ3v) is 5.09. The molecule has 1 unspecified atom stereocenters. The van der Waals surface area contributed by atoms with Crippen LogP contribution < -0.4 is 10.6 Å². The van der Waals surface area contributed by atoms with E-state index >= 15 is 0 Å². The molecule has 2 aliphatic rings. The zero-order valence-electron chi connectivity index (χ0n) is 15.4. The molecule has 1 amide bonds. The fraction of sp³-hybridized carbons (Fsp3) is 0.889. The molecule has 0 aromatic rings. The molecule has 0 bridgehead atoms. The smallest absolute Gasteiger partial charge is 0.225 e. The SMILES string of the molecule is CCCCCCNC(=NC)NC1CCN(C(=O)C2CCCC2)C1.I. The second-order valence-corrected chi connectivity index (χ2v) is 6.96. The molecule has 2 N–H and O–H groups in total. The molecule has 0 aromatic carbocycles. The highest BCUT2D eigenvalue weighted by Gasteiger charge is 2.32. The Bertz CT molecular complexity index is 396. The van der Waals surface area contributed by atoms with E-state index in [1.807, 2.05) is 7.05 Å². The lowest BCUT2D eigenvalue weighted by molar-refractivity contribution is -0.134. The average molecular weight is 450 g/mol. The highest BCUT2D eigenvalue weighted by molar-refractivity contribution is 14.0. The van der Waals surface area contributed by atoms with Crippen LogP contribution in [0.4, 0.5) is 0 Å². The number of halogens is 1. The molecule has 1 saturated heterocycles. The number of hydrogen-bond acceptors (Lipinski definition) is 2. The number of aliphatic imine (C=N–C) groups is 1. The Hall–Kier alpha value is -0.530. The highest BCUT2D eigenvalue weighted by atomic mass is 127. The number of guanidine groups is 1. The minimum absolute atomic E-state index is 0. The average Bonchev–Trinajstić information content (AvgIpc) is 3.24. The largest absolute Gasteiger partial charge is 0.356 e. The molecular weight excluding hydrogens is 415 g/mol. The van der Waals surface area contributed by atoms with Gasteiger partial charge in [0.25, 0.3) is 0 Å². The summed E-state index contributed by atoms with van der Waals surface area (Å²) < 4.78 is 0. The van der Waals surface area contributed by atoms with E-state index in [0.717, 1.165) is 44.9 Å². The minimum Gasteiger partial charge on any atom is -0.356 e. The summed E-state index contributed by atoms with van der Waals surface area (Å²) in [6, 6.07) is 0.335. The Morgan fingerprint density at radius 2 is 1.92 bits per heavy atom. The summed E-state index contributed by atoms with van der Waals surface area (Å²) in [5, 5.41) is 6.87. The van der Waals surface area contributed by atoms with Gasteiger partial charge in [0.05, 0.1) is 0 Å². The lowest BCUT2D eigenvalue weighted by Gasteiger charge is -2.21. The van der Waals surface area contributed by atoms with Crippen molar-refractivity contribution in [3.05, 3.63) is 0 Å². The van der Waals surface area contributed by atoms with E-state index in [0.29, 0.717) is 17.9 Å². The van der Waals surface area contributed by atoms with Gasteiger partial charge >= 0.3 is 0 Å². The number of rotatable bonds is 7. The summed E-state index contributed by atoms with van der Waals surface area (Å²) in [6.45, 7) is 4.91. The second-order valence-electron chi connectivity index (χ2n) is 6.96. The number of carbonyl (C=O) groups is 1. The maximum absolute atomic E-state index is 12.5. The first kappa shape index (κ1) is 21.5. The first-order chi connectivity index (χ1) is 11.2. The van der Waals surface area contributed by atoms with Crippen LogP contribution in [0.15, 0.2) is 4.99 Å². The maximum Gasteiger partial charge on any atom is 0.225 e. The number of amides is 1. The molecule has 1 aliphatic carbocycles. The Labute approximate surface area is 164 Å². The van der Waals surface area contributed by atoms with Gasteiger partial charge in [-0.2, -0.15) is 0 Å². The van der Waals surface area contributed by atoms with Crippen molar-refractivity contribution in [1.82, 2.24) is 15.5 Å². The van der Waals surface area contributed by atoms with Crippen LogP contribution in [0.2, 0.25) is 0 Å². The van der Waals surface area contributed by atoms with Crippen molar-refractivity contribution in [3.8, 4) is 0 Å². The standard InChI is InChI=1S/C18H34N4O.HI/c1-3-4-5-8-12-20-18(19-2)21-16-11-13-22(14-16)17(23)15-9-6-7-10-15;/h15-16H,3-14H2,1-2H3,(H2,19,20,21);1H. The molecule has 24 heavy (non-hydrogen) atoms. The summed E-state index contributed by atoms with van der Waals surface area (Å²) >= 11 is 0. The molecule has 140 valence electrons. The highest BCUT2D eigenvalue weighted by Crippen LogP contribution is 2.27. The summed E-state index contributed by atoms with van der Waals surface area (Å²) in [5.74, 6) is 1.56. The topological polar surface area (TPSA) is 56.7 Å². The van der Waals surface area contributed by atoms with Crippen LogP contribution in [0.3, 0.4) is 0 Å². The van der Waals surface area contributed by atoms with E-state index in [-0.39, 0.29) is 24.0 Å². The van der Waals surface area contributed by atoms with Crippen LogP contribution >= 0.6 is 24.0 Å². The first-order valence-electron chi connectivity index (χ1n) is 9.50. The maximum atomic E-state index is 12.5.